The zero-order valence-corrected chi connectivity index (χ0v) is 14.8. The van der Waals surface area contributed by atoms with Gasteiger partial charge in [0.05, 0.1) is 17.7 Å². The Labute approximate surface area is 144 Å². The van der Waals surface area contributed by atoms with Gasteiger partial charge in [-0.25, -0.2) is 0 Å². The second kappa shape index (κ2) is 7.07. The molecule has 0 saturated heterocycles. The Morgan fingerprint density at radius 3 is 2.88 bits per heavy atom. The first kappa shape index (κ1) is 16.5. The largest absolute Gasteiger partial charge is 0.383 e. The van der Waals surface area contributed by atoms with Crippen molar-refractivity contribution in [2.45, 2.75) is 20.4 Å². The van der Waals surface area contributed by atoms with Gasteiger partial charge < -0.3 is 9.30 Å². The topological polar surface area (TPSA) is 56.5 Å². The van der Waals surface area contributed by atoms with Crippen LogP contribution in [0.2, 0.25) is 0 Å². The maximum absolute atomic E-state index is 12.7. The molecule has 3 rings (SSSR count). The van der Waals surface area contributed by atoms with Gasteiger partial charge in [-0.2, -0.15) is 4.99 Å². The van der Waals surface area contributed by atoms with Crippen LogP contribution in [-0.2, 0) is 11.3 Å². The van der Waals surface area contributed by atoms with Crippen LogP contribution in [0.25, 0.3) is 10.9 Å². The fourth-order valence-corrected chi connectivity index (χ4v) is 3.56. The van der Waals surface area contributed by atoms with Crippen molar-refractivity contribution in [3.63, 3.8) is 0 Å². The third kappa shape index (κ3) is 3.16. The summed E-state index contributed by atoms with van der Waals surface area (Å²) in [7, 11) is 1.67. The molecule has 0 spiro atoms. The van der Waals surface area contributed by atoms with Gasteiger partial charge in [-0.1, -0.05) is 18.2 Å². The van der Waals surface area contributed by atoms with E-state index in [-0.39, 0.29) is 5.91 Å². The fourth-order valence-electron chi connectivity index (χ4n) is 2.56. The van der Waals surface area contributed by atoms with Crippen LogP contribution in [0.4, 0.5) is 0 Å². The van der Waals surface area contributed by atoms with Crippen molar-refractivity contribution in [3.8, 4) is 0 Å². The highest BCUT2D eigenvalue weighted by Gasteiger charge is 2.12. The number of carbonyl (C=O) groups is 1. The second-order valence-corrected chi connectivity index (χ2v) is 6.64. The number of hydrogen-bond donors (Lipinski definition) is 0. The Balaban J connectivity index is 2.08. The molecule has 1 amide bonds. The number of para-hydroxylation sites is 1. The summed E-state index contributed by atoms with van der Waals surface area (Å²) in [6.07, 6.45) is 1.65. The number of fused-ring (bicyclic) bond motifs is 1. The molecule has 2 aromatic heterocycles. The van der Waals surface area contributed by atoms with Crippen molar-refractivity contribution in [3.05, 3.63) is 57.5 Å². The minimum absolute atomic E-state index is 0.249. The number of rotatable bonds is 4. The first-order valence-electron chi connectivity index (χ1n) is 7.70. The number of nitrogens with zero attached hydrogens (tertiary/aromatic N) is 3. The Bertz CT molecular complexity index is 951. The van der Waals surface area contributed by atoms with Gasteiger partial charge in [0, 0.05) is 35.8 Å². The van der Waals surface area contributed by atoms with Crippen molar-refractivity contribution in [2.75, 3.05) is 13.7 Å². The van der Waals surface area contributed by atoms with E-state index in [0.29, 0.717) is 23.5 Å². The van der Waals surface area contributed by atoms with Crippen LogP contribution in [0.1, 0.15) is 20.9 Å². The molecule has 6 heteroatoms. The summed E-state index contributed by atoms with van der Waals surface area (Å²) in [6, 6.07) is 9.32. The van der Waals surface area contributed by atoms with Gasteiger partial charge in [-0.05, 0) is 26.0 Å². The molecule has 3 aromatic rings. The van der Waals surface area contributed by atoms with Crippen molar-refractivity contribution in [1.82, 2.24) is 9.55 Å². The molecule has 2 heterocycles. The molecule has 1 aromatic carbocycles. The Hall–Kier alpha value is -2.31. The number of ether oxygens (including phenoxy) is 1. The van der Waals surface area contributed by atoms with Crippen LogP contribution < -0.4 is 4.80 Å². The first-order valence-corrected chi connectivity index (χ1v) is 8.52. The zero-order valence-electron chi connectivity index (χ0n) is 13.9. The van der Waals surface area contributed by atoms with Crippen molar-refractivity contribution >= 4 is 28.1 Å². The number of benzene rings is 1. The maximum atomic E-state index is 12.7. The maximum Gasteiger partial charge on any atom is 0.280 e. The SMILES string of the molecule is COCCn1c(C)c(C)sc1=NC(=O)c1ccnc2ccccc12. The summed E-state index contributed by atoms with van der Waals surface area (Å²) in [5.41, 5.74) is 2.48. The molecule has 0 fully saturated rings. The van der Waals surface area contributed by atoms with Gasteiger partial charge in [-0.15, -0.1) is 11.3 Å². The minimum atomic E-state index is -0.249. The summed E-state index contributed by atoms with van der Waals surface area (Å²) in [6.45, 7) is 5.33. The van der Waals surface area contributed by atoms with Crippen LogP contribution in [0.5, 0.6) is 0 Å². The van der Waals surface area contributed by atoms with E-state index in [2.05, 4.69) is 9.98 Å². The van der Waals surface area contributed by atoms with Crippen LogP contribution in [0, 0.1) is 13.8 Å². The monoisotopic (exact) mass is 341 g/mol. The van der Waals surface area contributed by atoms with Crippen LogP contribution >= 0.6 is 11.3 Å². The summed E-state index contributed by atoms with van der Waals surface area (Å²) in [5, 5.41) is 0.821. The molecule has 0 aliphatic carbocycles. The molecule has 0 aliphatic heterocycles. The standard InChI is InChI=1S/C18H19N3O2S/c1-12-13(2)24-18(21(12)10-11-23-3)20-17(22)15-8-9-19-16-7-5-4-6-14(15)16/h4-9H,10-11H2,1-3H3. The summed E-state index contributed by atoms with van der Waals surface area (Å²) >= 11 is 1.52. The van der Waals surface area contributed by atoms with Crippen LogP contribution in [0.3, 0.4) is 0 Å². The number of methoxy groups -OCH3 is 1. The van der Waals surface area contributed by atoms with Crippen molar-refractivity contribution < 1.29 is 9.53 Å². The van der Waals surface area contributed by atoms with E-state index in [9.17, 15) is 4.79 Å². The highest BCUT2D eigenvalue weighted by atomic mass is 32.1. The molecule has 0 saturated carbocycles. The number of aromatic nitrogens is 2. The van der Waals surface area contributed by atoms with E-state index < -0.39 is 0 Å². The number of amides is 1. The van der Waals surface area contributed by atoms with Gasteiger partial charge >= 0.3 is 0 Å². The minimum Gasteiger partial charge on any atom is -0.383 e. The normalized spacial score (nSPS) is 12.0. The molecule has 0 radical (unpaired) electrons. The average Bonchev–Trinajstić information content (AvgIpc) is 2.86. The highest BCUT2D eigenvalue weighted by molar-refractivity contribution is 7.09. The summed E-state index contributed by atoms with van der Waals surface area (Å²) < 4.78 is 7.19. The second-order valence-electron chi connectivity index (χ2n) is 5.46. The number of carbonyl (C=O) groups excluding carboxylic acids is 1. The molecule has 124 valence electrons. The van der Waals surface area contributed by atoms with Gasteiger partial charge in [-0.3, -0.25) is 9.78 Å². The van der Waals surface area contributed by atoms with Crippen LogP contribution in [-0.4, -0.2) is 29.2 Å². The summed E-state index contributed by atoms with van der Waals surface area (Å²) in [4.78, 5) is 23.3. The van der Waals surface area contributed by atoms with E-state index in [0.717, 1.165) is 21.5 Å². The lowest BCUT2D eigenvalue weighted by Gasteiger charge is -2.05. The lowest BCUT2D eigenvalue weighted by molar-refractivity contribution is 0.0998. The molecule has 0 atom stereocenters. The molecular formula is C18H19N3O2S. The van der Waals surface area contributed by atoms with Gasteiger partial charge in [0.15, 0.2) is 4.80 Å². The van der Waals surface area contributed by atoms with Crippen LogP contribution in [0.15, 0.2) is 41.5 Å². The predicted octanol–water partition coefficient (Wildman–Crippen LogP) is 3.10. The fraction of sp³-hybridized carbons (Fsp3) is 0.278. The number of aryl methyl sites for hydroxylation is 1. The summed E-state index contributed by atoms with van der Waals surface area (Å²) in [5.74, 6) is -0.249. The van der Waals surface area contributed by atoms with E-state index in [1.807, 2.05) is 42.7 Å². The Morgan fingerprint density at radius 2 is 2.08 bits per heavy atom. The third-order valence-electron chi connectivity index (χ3n) is 3.99. The van der Waals surface area contributed by atoms with E-state index in [1.54, 1.807) is 19.4 Å². The first-order chi connectivity index (χ1) is 11.6. The van der Waals surface area contributed by atoms with E-state index in [1.165, 1.54) is 11.3 Å². The molecule has 0 bridgehead atoms. The number of pyridine rings is 1. The van der Waals surface area contributed by atoms with Gasteiger partial charge in [0.25, 0.3) is 5.91 Å². The molecular weight excluding hydrogens is 322 g/mol. The van der Waals surface area contributed by atoms with Gasteiger partial charge in [0.1, 0.15) is 0 Å². The lowest BCUT2D eigenvalue weighted by Crippen LogP contribution is -2.20. The van der Waals surface area contributed by atoms with Crippen molar-refractivity contribution in [1.29, 1.82) is 0 Å². The van der Waals surface area contributed by atoms with Gasteiger partial charge in [0.2, 0.25) is 0 Å². The number of thiazole rings is 1. The molecule has 0 unspecified atom stereocenters. The van der Waals surface area contributed by atoms with E-state index in [4.69, 9.17) is 4.74 Å². The van der Waals surface area contributed by atoms with Crippen molar-refractivity contribution in [2.24, 2.45) is 4.99 Å². The Kier molecular flexibility index (Phi) is 4.87. The molecule has 0 aliphatic rings. The molecule has 5 nitrogen and oxygen atoms in total. The highest BCUT2D eigenvalue weighted by Crippen LogP contribution is 2.17. The predicted molar refractivity (Wildman–Crippen MR) is 95.3 cm³/mol. The third-order valence-corrected chi connectivity index (χ3v) is 5.08. The quantitative estimate of drug-likeness (QED) is 0.733. The smallest absolute Gasteiger partial charge is 0.280 e. The zero-order chi connectivity index (χ0) is 17.1. The molecule has 0 N–H and O–H groups in total. The van der Waals surface area contributed by atoms with E-state index >= 15 is 0 Å². The average molecular weight is 341 g/mol. The number of hydrogen-bond acceptors (Lipinski definition) is 4. The lowest BCUT2D eigenvalue weighted by atomic mass is 10.1. The molecule has 24 heavy (non-hydrogen) atoms. The Morgan fingerprint density at radius 1 is 1.29 bits per heavy atom.